The number of benzene rings is 2. The van der Waals surface area contributed by atoms with Crippen LogP contribution in [0.2, 0.25) is 0 Å². The van der Waals surface area contributed by atoms with Crippen molar-refractivity contribution in [3.63, 3.8) is 0 Å². The molecule has 1 aromatic heterocycles. The molecule has 234 valence electrons. The van der Waals surface area contributed by atoms with E-state index >= 15 is 0 Å². The molecule has 4 amide bonds. The summed E-state index contributed by atoms with van der Waals surface area (Å²) in [5.74, 6) is -0.904. The lowest BCUT2D eigenvalue weighted by Crippen LogP contribution is -2.48. The minimum absolute atomic E-state index is 0.161. The maximum Gasteiger partial charge on any atom is 0.412 e. The van der Waals surface area contributed by atoms with Crippen molar-refractivity contribution in [3.05, 3.63) is 83.9 Å². The van der Waals surface area contributed by atoms with Gasteiger partial charge in [-0.2, -0.15) is 0 Å². The highest BCUT2D eigenvalue weighted by Gasteiger charge is 2.20. The van der Waals surface area contributed by atoms with Gasteiger partial charge >= 0.3 is 12.1 Å². The molecule has 0 saturated carbocycles. The van der Waals surface area contributed by atoms with Crippen LogP contribution in [0.1, 0.15) is 36.8 Å². The molecular formula is C32H40FN7O4. The van der Waals surface area contributed by atoms with E-state index < -0.39 is 23.4 Å². The van der Waals surface area contributed by atoms with E-state index in [0.717, 1.165) is 31.7 Å². The van der Waals surface area contributed by atoms with Crippen molar-refractivity contribution in [1.82, 2.24) is 19.7 Å². The maximum atomic E-state index is 13.7. The van der Waals surface area contributed by atoms with Gasteiger partial charge in [0.2, 0.25) is 0 Å². The fourth-order valence-corrected chi connectivity index (χ4v) is 4.53. The van der Waals surface area contributed by atoms with Crippen molar-refractivity contribution in [2.45, 2.75) is 32.9 Å². The molecule has 2 heterocycles. The number of ether oxygens (including phenoxy) is 1. The Bertz CT molecular complexity index is 1440. The summed E-state index contributed by atoms with van der Waals surface area (Å²) in [6, 6.07) is 15.5. The minimum atomic E-state index is -0.672. The average molecular weight is 606 g/mol. The lowest BCUT2D eigenvalue weighted by molar-refractivity contribution is 0.0635. The Kier molecular flexibility index (Phi) is 10.9. The standard InChI is InChI=1S/C32H40FN7O4/c1-32(2,3)44-31(43)37-27-11-6-5-10-26(27)36-29(41)28-13-12-23(21-34-28)22-40(19-18-39-16-14-38(4)15-17-39)30(42)35-25-9-7-8-24(33)20-25/h5-13,20-21H,14-19,22H2,1-4H3,(H,35,42)(H,36,41)(H,37,43). The van der Waals surface area contributed by atoms with Crippen LogP contribution in [0.15, 0.2) is 66.9 Å². The van der Waals surface area contributed by atoms with Gasteiger partial charge in [0, 0.05) is 57.7 Å². The number of hydrogen-bond acceptors (Lipinski definition) is 7. The van der Waals surface area contributed by atoms with E-state index in [9.17, 15) is 18.8 Å². The first kappa shape index (κ1) is 32.4. The van der Waals surface area contributed by atoms with Crippen molar-refractivity contribution in [1.29, 1.82) is 0 Å². The molecule has 1 aliphatic rings. The van der Waals surface area contributed by atoms with Crippen LogP contribution in [0, 0.1) is 5.82 Å². The number of carbonyl (C=O) groups excluding carboxylic acids is 3. The number of likely N-dealkylation sites (N-methyl/N-ethyl adjacent to an activating group) is 1. The number of rotatable bonds is 9. The Morgan fingerprint density at radius 1 is 0.932 bits per heavy atom. The fourth-order valence-electron chi connectivity index (χ4n) is 4.53. The smallest absolute Gasteiger partial charge is 0.412 e. The second kappa shape index (κ2) is 14.8. The maximum absolute atomic E-state index is 13.7. The number of pyridine rings is 1. The van der Waals surface area contributed by atoms with Gasteiger partial charge in [-0.1, -0.05) is 24.3 Å². The molecule has 1 fully saturated rings. The number of nitrogens with zero attached hydrogens (tertiary/aromatic N) is 4. The van der Waals surface area contributed by atoms with Crippen LogP contribution >= 0.6 is 0 Å². The first-order valence-electron chi connectivity index (χ1n) is 14.5. The SMILES string of the molecule is CN1CCN(CCN(Cc2ccc(C(=O)Nc3ccccc3NC(=O)OC(C)(C)C)nc2)C(=O)Nc2cccc(F)c2)CC1. The molecule has 12 heteroatoms. The monoisotopic (exact) mass is 605 g/mol. The van der Waals surface area contributed by atoms with Crippen LogP contribution in [-0.2, 0) is 11.3 Å². The highest BCUT2D eigenvalue weighted by atomic mass is 19.1. The largest absolute Gasteiger partial charge is 0.444 e. The zero-order chi connectivity index (χ0) is 31.7. The zero-order valence-electron chi connectivity index (χ0n) is 25.6. The Labute approximate surface area is 257 Å². The van der Waals surface area contributed by atoms with Crippen LogP contribution in [0.4, 0.5) is 31.0 Å². The third-order valence-corrected chi connectivity index (χ3v) is 6.89. The van der Waals surface area contributed by atoms with Gasteiger partial charge in [0.15, 0.2) is 0 Å². The molecule has 11 nitrogen and oxygen atoms in total. The lowest BCUT2D eigenvalue weighted by atomic mass is 10.2. The number of para-hydroxylation sites is 2. The van der Waals surface area contributed by atoms with Crippen molar-refractivity contribution >= 4 is 35.1 Å². The molecule has 3 N–H and O–H groups in total. The summed E-state index contributed by atoms with van der Waals surface area (Å²) in [4.78, 5) is 49.1. The number of anilines is 3. The van der Waals surface area contributed by atoms with E-state index in [1.54, 1.807) is 80.4 Å². The Morgan fingerprint density at radius 2 is 1.64 bits per heavy atom. The minimum Gasteiger partial charge on any atom is -0.444 e. The van der Waals surface area contributed by atoms with Gasteiger partial charge in [0.1, 0.15) is 17.1 Å². The predicted octanol–water partition coefficient (Wildman–Crippen LogP) is 5.10. The molecule has 3 aromatic rings. The predicted molar refractivity (Wildman–Crippen MR) is 168 cm³/mol. The fraction of sp³-hybridized carbons (Fsp3) is 0.375. The van der Waals surface area contributed by atoms with Gasteiger partial charge in [-0.25, -0.2) is 14.0 Å². The highest BCUT2D eigenvalue weighted by molar-refractivity contribution is 6.05. The third kappa shape index (κ3) is 10.0. The molecule has 0 unspecified atom stereocenters. The number of amides is 4. The van der Waals surface area contributed by atoms with Crippen molar-refractivity contribution in [3.8, 4) is 0 Å². The molecule has 44 heavy (non-hydrogen) atoms. The van der Waals surface area contributed by atoms with E-state index in [0.29, 0.717) is 30.2 Å². The van der Waals surface area contributed by atoms with Crippen LogP contribution in [0.25, 0.3) is 0 Å². The first-order valence-corrected chi connectivity index (χ1v) is 14.5. The molecule has 0 spiro atoms. The van der Waals surface area contributed by atoms with Crippen molar-refractivity contribution < 1.29 is 23.5 Å². The summed E-state index contributed by atoms with van der Waals surface area (Å²) in [5.41, 5.74) is 1.35. The van der Waals surface area contributed by atoms with E-state index in [1.165, 1.54) is 12.1 Å². The summed E-state index contributed by atoms with van der Waals surface area (Å²) in [7, 11) is 2.09. The van der Waals surface area contributed by atoms with Gasteiger partial charge in [0.25, 0.3) is 5.91 Å². The van der Waals surface area contributed by atoms with Crippen LogP contribution < -0.4 is 16.0 Å². The molecule has 1 saturated heterocycles. The van der Waals surface area contributed by atoms with Gasteiger partial charge in [-0.3, -0.25) is 20.0 Å². The summed E-state index contributed by atoms with van der Waals surface area (Å²) >= 11 is 0. The topological polar surface area (TPSA) is 119 Å². The quantitative estimate of drug-likeness (QED) is 0.311. The van der Waals surface area contributed by atoms with E-state index in [1.807, 2.05) is 0 Å². The van der Waals surface area contributed by atoms with E-state index in [2.05, 4.69) is 37.8 Å². The van der Waals surface area contributed by atoms with Gasteiger partial charge in [0.05, 0.1) is 11.4 Å². The number of hydrogen-bond donors (Lipinski definition) is 3. The average Bonchev–Trinajstić information content (AvgIpc) is 2.96. The summed E-state index contributed by atoms with van der Waals surface area (Å²) in [6.07, 6.45) is 0.915. The Balaban J connectivity index is 1.41. The molecule has 0 bridgehead atoms. The number of aromatic nitrogens is 1. The number of piperazine rings is 1. The molecule has 4 rings (SSSR count). The molecule has 1 aliphatic heterocycles. The Hall–Kier alpha value is -4.55. The molecule has 0 aliphatic carbocycles. The van der Waals surface area contributed by atoms with Crippen LogP contribution in [-0.4, -0.2) is 89.6 Å². The summed E-state index contributed by atoms with van der Waals surface area (Å²) in [6.45, 7) is 10.4. The normalized spacial score (nSPS) is 14.0. The number of halogens is 1. The van der Waals surface area contributed by atoms with Gasteiger partial charge in [-0.05, 0) is 69.8 Å². The van der Waals surface area contributed by atoms with E-state index in [-0.39, 0.29) is 18.3 Å². The second-order valence-electron chi connectivity index (χ2n) is 11.7. The zero-order valence-corrected chi connectivity index (χ0v) is 25.6. The lowest BCUT2D eigenvalue weighted by Gasteiger charge is -2.34. The van der Waals surface area contributed by atoms with Crippen molar-refractivity contribution in [2.24, 2.45) is 0 Å². The molecule has 2 aromatic carbocycles. The third-order valence-electron chi connectivity index (χ3n) is 6.89. The first-order chi connectivity index (χ1) is 20.9. The van der Waals surface area contributed by atoms with Crippen LogP contribution in [0.3, 0.4) is 0 Å². The van der Waals surface area contributed by atoms with Gasteiger partial charge < -0.3 is 25.2 Å². The molecule has 0 atom stereocenters. The number of urea groups is 1. The second-order valence-corrected chi connectivity index (χ2v) is 11.7. The number of carbonyl (C=O) groups is 3. The summed E-state index contributed by atoms with van der Waals surface area (Å²) in [5, 5.41) is 8.22. The number of nitrogens with one attached hydrogen (secondary N) is 3. The molecule has 0 radical (unpaired) electrons. The van der Waals surface area contributed by atoms with E-state index in [4.69, 9.17) is 4.74 Å². The summed E-state index contributed by atoms with van der Waals surface area (Å²) < 4.78 is 19.0. The molecular weight excluding hydrogens is 565 g/mol. The van der Waals surface area contributed by atoms with Crippen molar-refractivity contribution in [2.75, 3.05) is 62.3 Å². The van der Waals surface area contributed by atoms with Crippen LogP contribution in [0.5, 0.6) is 0 Å². The van der Waals surface area contributed by atoms with Gasteiger partial charge in [-0.15, -0.1) is 0 Å². The highest BCUT2D eigenvalue weighted by Crippen LogP contribution is 2.23. The Morgan fingerprint density at radius 3 is 2.27 bits per heavy atom.